The van der Waals surface area contributed by atoms with Crippen LogP contribution in [0.5, 0.6) is 0 Å². The molecule has 0 unspecified atom stereocenters. The molecule has 2 N–H and O–H groups in total. The molecule has 3 rings (SSSR count). The number of aliphatic hydroxyl groups is 1. The molecule has 10 heteroatoms. The minimum Gasteiger partial charge on any atom is -0.389 e. The number of aromatic nitrogens is 1. The van der Waals surface area contributed by atoms with Gasteiger partial charge in [-0.15, -0.1) is 0 Å². The zero-order valence-electron chi connectivity index (χ0n) is 19.7. The lowest BCUT2D eigenvalue weighted by Gasteiger charge is -2.27. The molecule has 186 valence electrons. The largest absolute Gasteiger partial charge is 0.417 e. The SMILES string of the molecule is CC.CC(C)(O)CNc1cc(C2CCN(C=O)CC2)no1.Cc1ccc(C(F)(F)F)c(Cl)c1. The van der Waals surface area contributed by atoms with Crippen LogP contribution in [0.25, 0.3) is 0 Å². The first-order chi connectivity index (χ1) is 15.4. The number of hydrogen-bond acceptors (Lipinski definition) is 5. The monoisotopic (exact) mass is 491 g/mol. The molecule has 6 nitrogen and oxygen atoms in total. The molecular weight excluding hydrogens is 459 g/mol. The molecule has 1 aromatic carbocycles. The van der Waals surface area contributed by atoms with Crippen molar-refractivity contribution in [3.63, 3.8) is 0 Å². The summed E-state index contributed by atoms with van der Waals surface area (Å²) in [5.41, 5.74) is 0.0639. The van der Waals surface area contributed by atoms with Crippen LogP contribution in [0.4, 0.5) is 19.1 Å². The van der Waals surface area contributed by atoms with Gasteiger partial charge in [0.2, 0.25) is 12.3 Å². The Morgan fingerprint density at radius 3 is 2.33 bits per heavy atom. The van der Waals surface area contributed by atoms with E-state index in [2.05, 4.69) is 10.5 Å². The lowest BCUT2D eigenvalue weighted by atomic mass is 9.94. The zero-order chi connectivity index (χ0) is 25.2. The lowest BCUT2D eigenvalue weighted by molar-refractivity contribution is -0.137. The third kappa shape index (κ3) is 10.0. The highest BCUT2D eigenvalue weighted by Crippen LogP contribution is 2.34. The molecule has 0 aliphatic carbocycles. The summed E-state index contributed by atoms with van der Waals surface area (Å²) in [6.45, 7) is 11.1. The maximum atomic E-state index is 12.1. The highest BCUT2D eigenvalue weighted by Gasteiger charge is 2.32. The molecule has 0 radical (unpaired) electrons. The smallest absolute Gasteiger partial charge is 0.389 e. The molecule has 1 saturated heterocycles. The van der Waals surface area contributed by atoms with Crippen LogP contribution in [0.2, 0.25) is 5.02 Å². The van der Waals surface area contributed by atoms with E-state index in [-0.39, 0.29) is 5.02 Å². The minimum atomic E-state index is -4.36. The second-order valence-electron chi connectivity index (χ2n) is 8.18. The summed E-state index contributed by atoms with van der Waals surface area (Å²) >= 11 is 5.39. The van der Waals surface area contributed by atoms with Crippen LogP contribution in [0, 0.1) is 6.92 Å². The molecule has 1 aliphatic heterocycles. The van der Waals surface area contributed by atoms with Gasteiger partial charge < -0.3 is 19.8 Å². The van der Waals surface area contributed by atoms with E-state index in [1.807, 2.05) is 19.9 Å². The molecule has 0 atom stereocenters. The molecule has 1 amide bonds. The summed E-state index contributed by atoms with van der Waals surface area (Å²) in [5, 5.41) is 16.5. The van der Waals surface area contributed by atoms with Crippen molar-refractivity contribution in [1.82, 2.24) is 10.1 Å². The fourth-order valence-corrected chi connectivity index (χ4v) is 3.36. The summed E-state index contributed by atoms with van der Waals surface area (Å²) in [5.74, 6) is 0.924. The molecule has 2 heterocycles. The molecule has 1 aliphatic rings. The van der Waals surface area contributed by atoms with Gasteiger partial charge in [-0.05, 0) is 51.3 Å². The van der Waals surface area contributed by atoms with E-state index >= 15 is 0 Å². The van der Waals surface area contributed by atoms with Gasteiger partial charge in [0.15, 0.2) is 0 Å². The Morgan fingerprint density at radius 1 is 1.24 bits per heavy atom. The Hall–Kier alpha value is -2.26. The first-order valence-corrected chi connectivity index (χ1v) is 11.2. The highest BCUT2D eigenvalue weighted by molar-refractivity contribution is 6.31. The average Bonchev–Trinajstić information content (AvgIpc) is 3.22. The minimum absolute atomic E-state index is 0.248. The van der Waals surface area contributed by atoms with Crippen molar-refractivity contribution in [2.24, 2.45) is 0 Å². The maximum Gasteiger partial charge on any atom is 0.417 e. The lowest BCUT2D eigenvalue weighted by Crippen LogP contribution is -2.31. The zero-order valence-corrected chi connectivity index (χ0v) is 20.4. The number of nitrogens with one attached hydrogen (secondary N) is 1. The van der Waals surface area contributed by atoms with E-state index in [1.165, 1.54) is 12.1 Å². The van der Waals surface area contributed by atoms with E-state index in [0.717, 1.165) is 44.1 Å². The number of piperidine rings is 1. The van der Waals surface area contributed by atoms with Crippen LogP contribution in [0.15, 0.2) is 28.8 Å². The predicted octanol–water partition coefficient (Wildman–Crippen LogP) is 5.89. The second-order valence-corrected chi connectivity index (χ2v) is 8.59. The Balaban J connectivity index is 0.000000335. The van der Waals surface area contributed by atoms with Crippen molar-refractivity contribution in [3.05, 3.63) is 46.1 Å². The molecule has 0 spiro atoms. The number of alkyl halides is 3. The summed E-state index contributed by atoms with van der Waals surface area (Å²) in [6.07, 6.45) is -1.63. The number of benzene rings is 1. The van der Waals surface area contributed by atoms with Crippen molar-refractivity contribution < 1.29 is 27.6 Å². The van der Waals surface area contributed by atoms with Crippen molar-refractivity contribution in [1.29, 1.82) is 0 Å². The summed E-state index contributed by atoms with van der Waals surface area (Å²) in [7, 11) is 0. The molecule has 1 fully saturated rings. The van der Waals surface area contributed by atoms with Gasteiger partial charge in [0, 0.05) is 31.6 Å². The van der Waals surface area contributed by atoms with Crippen LogP contribution in [0.1, 0.15) is 63.3 Å². The number of halogens is 4. The normalized spacial score (nSPS) is 14.5. The number of carbonyl (C=O) groups is 1. The van der Waals surface area contributed by atoms with Crippen LogP contribution >= 0.6 is 11.6 Å². The Bertz CT molecular complexity index is 859. The number of hydrogen-bond donors (Lipinski definition) is 2. The maximum absolute atomic E-state index is 12.1. The predicted molar refractivity (Wildman–Crippen MR) is 123 cm³/mol. The number of rotatable bonds is 5. The van der Waals surface area contributed by atoms with Crippen LogP contribution in [-0.2, 0) is 11.0 Å². The summed E-state index contributed by atoms with van der Waals surface area (Å²) in [4.78, 5) is 12.4. The van der Waals surface area contributed by atoms with Crippen molar-refractivity contribution in [3.8, 4) is 0 Å². The van der Waals surface area contributed by atoms with Crippen molar-refractivity contribution >= 4 is 23.9 Å². The van der Waals surface area contributed by atoms with Crippen LogP contribution < -0.4 is 5.32 Å². The standard InChI is InChI=1S/C13H21N3O3.C8H6ClF3.C2H6/c1-13(2,18)8-14-12-7-11(15-19-12)10-3-5-16(9-17)6-4-10;1-5-2-3-6(7(9)4-5)8(10,11)12;1-2/h7,9-10,14,18H,3-6,8H2,1-2H3;2-4H,1H3;1-2H3. The van der Waals surface area contributed by atoms with Gasteiger partial charge >= 0.3 is 6.18 Å². The van der Waals surface area contributed by atoms with E-state index in [4.69, 9.17) is 16.1 Å². The van der Waals surface area contributed by atoms with E-state index in [1.54, 1.807) is 25.7 Å². The molecule has 0 bridgehead atoms. The van der Waals surface area contributed by atoms with Gasteiger partial charge in [-0.2, -0.15) is 13.2 Å². The first-order valence-electron chi connectivity index (χ1n) is 10.8. The number of nitrogens with zero attached hydrogens (tertiary/aromatic N) is 2. The molecular formula is C23H33ClF3N3O3. The first kappa shape index (κ1) is 28.8. The van der Waals surface area contributed by atoms with Crippen LogP contribution in [-0.4, -0.2) is 46.8 Å². The van der Waals surface area contributed by atoms with Gasteiger partial charge in [-0.1, -0.05) is 36.7 Å². The Morgan fingerprint density at radius 2 is 1.85 bits per heavy atom. The van der Waals surface area contributed by atoms with Gasteiger partial charge in [-0.25, -0.2) is 0 Å². The molecule has 0 saturated carbocycles. The highest BCUT2D eigenvalue weighted by atomic mass is 35.5. The van der Waals surface area contributed by atoms with Gasteiger partial charge in [-0.3, -0.25) is 4.79 Å². The number of likely N-dealkylation sites (tertiary alicyclic amines) is 1. The Kier molecular flexibility index (Phi) is 11.2. The quantitative estimate of drug-likeness (QED) is 0.510. The van der Waals surface area contributed by atoms with E-state index in [9.17, 15) is 23.1 Å². The van der Waals surface area contributed by atoms with Gasteiger partial charge in [0.1, 0.15) is 0 Å². The number of anilines is 1. The third-order valence-electron chi connectivity index (χ3n) is 4.75. The number of aryl methyl sites for hydroxylation is 1. The average molecular weight is 492 g/mol. The van der Waals surface area contributed by atoms with Gasteiger partial charge in [0.05, 0.1) is 21.9 Å². The molecule has 2 aromatic rings. The number of carbonyl (C=O) groups excluding carboxylic acids is 1. The van der Waals surface area contributed by atoms with Gasteiger partial charge in [0.25, 0.3) is 0 Å². The fraction of sp³-hybridized carbons (Fsp3) is 0.565. The van der Waals surface area contributed by atoms with Crippen LogP contribution in [0.3, 0.4) is 0 Å². The second kappa shape index (κ2) is 12.8. The summed E-state index contributed by atoms with van der Waals surface area (Å²) < 4.78 is 41.5. The fourth-order valence-electron chi connectivity index (χ4n) is 3.02. The van der Waals surface area contributed by atoms with E-state index < -0.39 is 17.3 Å². The number of amides is 1. The summed E-state index contributed by atoms with van der Waals surface area (Å²) in [6, 6.07) is 5.55. The third-order valence-corrected chi connectivity index (χ3v) is 5.06. The van der Waals surface area contributed by atoms with Crippen molar-refractivity contribution in [2.75, 3.05) is 25.0 Å². The topological polar surface area (TPSA) is 78.6 Å². The van der Waals surface area contributed by atoms with Crippen molar-refractivity contribution in [2.45, 2.75) is 65.2 Å². The Labute approximate surface area is 198 Å². The molecule has 1 aromatic heterocycles. The molecule has 33 heavy (non-hydrogen) atoms. The van der Waals surface area contributed by atoms with E-state index in [0.29, 0.717) is 23.9 Å².